The maximum atomic E-state index is 5.60. The lowest BCUT2D eigenvalue weighted by molar-refractivity contribution is 0.660. The molecule has 0 bridgehead atoms. The molecule has 0 radical (unpaired) electrons. The third kappa shape index (κ3) is 4.69. The van der Waals surface area contributed by atoms with Crippen molar-refractivity contribution < 1.29 is 0 Å². The van der Waals surface area contributed by atoms with Gasteiger partial charge in [0.2, 0.25) is 0 Å². The van der Waals surface area contributed by atoms with Crippen LogP contribution in [0.2, 0.25) is 0 Å². The first-order valence-electron chi connectivity index (χ1n) is 19.7. The molecule has 2 nitrogen and oxygen atoms in total. The fraction of sp³-hybridized carbons (Fsp3) is 0.111. The highest BCUT2D eigenvalue weighted by atomic mass is 14.8. The topological polar surface area (TPSA) is 25.8 Å². The Labute approximate surface area is 328 Å². The minimum Gasteiger partial charge on any atom is -0.245 e. The molecule has 0 aliphatic heterocycles. The van der Waals surface area contributed by atoms with Gasteiger partial charge in [-0.25, -0.2) is 9.97 Å². The number of hydrogen-bond acceptors (Lipinski definition) is 2. The number of rotatable bonds is 4. The average Bonchev–Trinajstić information content (AvgIpc) is 3.62. The van der Waals surface area contributed by atoms with Gasteiger partial charge in [-0.1, -0.05) is 161 Å². The lowest BCUT2D eigenvalue weighted by atomic mass is 9.81. The van der Waals surface area contributed by atoms with Crippen molar-refractivity contribution in [2.24, 2.45) is 0 Å². The Balaban J connectivity index is 1.17. The Morgan fingerprint density at radius 2 is 0.696 bits per heavy atom. The molecular formula is C54H40N2. The minimum atomic E-state index is -0.0984. The molecule has 0 N–H and O–H groups in total. The van der Waals surface area contributed by atoms with Gasteiger partial charge in [0.1, 0.15) is 0 Å². The van der Waals surface area contributed by atoms with Crippen molar-refractivity contribution in [1.29, 1.82) is 0 Å². The first-order valence-corrected chi connectivity index (χ1v) is 19.7. The van der Waals surface area contributed by atoms with Crippen molar-refractivity contribution in [1.82, 2.24) is 9.97 Å². The molecule has 2 aliphatic rings. The second kappa shape index (κ2) is 11.9. The lowest BCUT2D eigenvalue weighted by Crippen LogP contribution is -2.14. The van der Waals surface area contributed by atoms with Crippen LogP contribution in [-0.2, 0) is 10.8 Å². The Morgan fingerprint density at radius 1 is 0.321 bits per heavy atom. The number of benzene rings is 7. The average molecular weight is 717 g/mol. The van der Waals surface area contributed by atoms with Crippen LogP contribution in [0.4, 0.5) is 0 Å². The molecule has 0 saturated heterocycles. The predicted molar refractivity (Wildman–Crippen MR) is 234 cm³/mol. The van der Waals surface area contributed by atoms with E-state index in [1.807, 2.05) is 0 Å². The van der Waals surface area contributed by atoms with Crippen LogP contribution >= 0.6 is 0 Å². The zero-order valence-corrected chi connectivity index (χ0v) is 32.1. The largest absolute Gasteiger partial charge is 0.245 e. The van der Waals surface area contributed by atoms with E-state index in [9.17, 15) is 0 Å². The maximum Gasteiger partial charge on any atom is 0.0979 e. The highest BCUT2D eigenvalue weighted by Crippen LogP contribution is 2.51. The van der Waals surface area contributed by atoms with Crippen LogP contribution in [0.3, 0.4) is 0 Å². The van der Waals surface area contributed by atoms with Gasteiger partial charge in [-0.15, -0.1) is 0 Å². The number of pyridine rings is 2. The molecule has 0 saturated carbocycles. The van der Waals surface area contributed by atoms with Crippen LogP contribution in [0.1, 0.15) is 49.9 Å². The smallest absolute Gasteiger partial charge is 0.0979 e. The van der Waals surface area contributed by atoms with Gasteiger partial charge in [-0.3, -0.25) is 0 Å². The number of fused-ring (bicyclic) bond motifs is 9. The van der Waals surface area contributed by atoms with E-state index in [0.717, 1.165) is 55.4 Å². The summed E-state index contributed by atoms with van der Waals surface area (Å²) in [4.78, 5) is 11.2. The Morgan fingerprint density at radius 3 is 1.12 bits per heavy atom. The van der Waals surface area contributed by atoms with Gasteiger partial charge in [0.15, 0.2) is 0 Å². The number of nitrogens with zero attached hydrogens (tertiary/aromatic N) is 2. The summed E-state index contributed by atoms with van der Waals surface area (Å²) in [7, 11) is 0. The third-order valence-electron chi connectivity index (χ3n) is 12.7. The zero-order chi connectivity index (χ0) is 37.8. The van der Waals surface area contributed by atoms with Crippen molar-refractivity contribution in [3.63, 3.8) is 0 Å². The summed E-state index contributed by atoms with van der Waals surface area (Å²) >= 11 is 0. The zero-order valence-electron chi connectivity index (χ0n) is 32.1. The van der Waals surface area contributed by atoms with Crippen LogP contribution in [-0.4, -0.2) is 9.97 Å². The Hall–Kier alpha value is -6.64. The van der Waals surface area contributed by atoms with Gasteiger partial charge in [-0.2, -0.15) is 0 Å². The first-order chi connectivity index (χ1) is 27.3. The quantitative estimate of drug-likeness (QED) is 0.170. The molecule has 2 heteroatoms. The van der Waals surface area contributed by atoms with Gasteiger partial charge in [0, 0.05) is 32.7 Å². The van der Waals surface area contributed by atoms with Gasteiger partial charge in [0.05, 0.1) is 22.4 Å². The summed E-state index contributed by atoms with van der Waals surface area (Å²) in [5.41, 5.74) is 21.1. The monoisotopic (exact) mass is 716 g/mol. The fourth-order valence-corrected chi connectivity index (χ4v) is 9.81. The predicted octanol–water partition coefficient (Wildman–Crippen LogP) is 14.1. The standard InChI is InChI=1S/C54H40N2/c1-53(2)43-21-13-11-19-37(43)39-25-23-35(31-45(39)53)47-29-27-41-49(33-15-7-5-8-16-33)50(34-17-9-6-10-18-34)42-28-30-48(56-52(42)51(41)55-47)36-24-26-40-38-20-12-14-22-44(38)54(3,4)46(40)32-36/h5-32H,1-4H3. The summed E-state index contributed by atoms with van der Waals surface area (Å²) in [5, 5.41) is 2.19. The molecule has 266 valence electrons. The van der Waals surface area contributed by atoms with Crippen LogP contribution in [0.25, 0.3) is 88.8 Å². The van der Waals surface area contributed by atoms with Crippen LogP contribution in [0.5, 0.6) is 0 Å². The van der Waals surface area contributed by atoms with E-state index in [1.165, 1.54) is 55.6 Å². The summed E-state index contributed by atoms with van der Waals surface area (Å²) in [6.45, 7) is 9.35. The van der Waals surface area contributed by atoms with Crippen molar-refractivity contribution >= 4 is 21.8 Å². The third-order valence-corrected chi connectivity index (χ3v) is 12.7. The van der Waals surface area contributed by atoms with E-state index >= 15 is 0 Å². The molecule has 11 rings (SSSR count). The minimum absolute atomic E-state index is 0.0984. The van der Waals surface area contributed by atoms with Gasteiger partial charge in [-0.05, 0) is 103 Å². The summed E-state index contributed by atoms with van der Waals surface area (Å²) in [5.74, 6) is 0. The molecule has 0 atom stereocenters. The normalized spacial score (nSPS) is 14.4. The van der Waals surface area contributed by atoms with E-state index in [2.05, 4.69) is 198 Å². The summed E-state index contributed by atoms with van der Waals surface area (Å²) in [6, 6.07) is 62.0. The molecule has 2 heterocycles. The van der Waals surface area contributed by atoms with E-state index in [1.54, 1.807) is 0 Å². The first kappa shape index (κ1) is 32.8. The van der Waals surface area contributed by atoms with E-state index < -0.39 is 0 Å². The number of hydrogen-bond donors (Lipinski definition) is 0. The molecule has 0 unspecified atom stereocenters. The molecule has 0 amide bonds. The second-order valence-electron chi connectivity index (χ2n) is 16.5. The highest BCUT2D eigenvalue weighted by molar-refractivity contribution is 6.19. The maximum absolute atomic E-state index is 5.60. The molecule has 2 aliphatic carbocycles. The molecule has 7 aromatic carbocycles. The molecule has 2 aromatic heterocycles. The highest BCUT2D eigenvalue weighted by Gasteiger charge is 2.36. The van der Waals surface area contributed by atoms with Crippen molar-refractivity contribution in [3.05, 3.63) is 192 Å². The molecular weight excluding hydrogens is 677 g/mol. The molecule has 0 fully saturated rings. The van der Waals surface area contributed by atoms with Crippen molar-refractivity contribution in [2.45, 2.75) is 38.5 Å². The fourth-order valence-electron chi connectivity index (χ4n) is 9.81. The van der Waals surface area contributed by atoms with E-state index in [0.29, 0.717) is 0 Å². The van der Waals surface area contributed by atoms with Gasteiger partial charge in [0.25, 0.3) is 0 Å². The van der Waals surface area contributed by atoms with E-state index in [4.69, 9.17) is 9.97 Å². The van der Waals surface area contributed by atoms with Gasteiger partial charge < -0.3 is 0 Å². The lowest BCUT2D eigenvalue weighted by Gasteiger charge is -2.22. The van der Waals surface area contributed by atoms with Crippen LogP contribution in [0.15, 0.2) is 170 Å². The van der Waals surface area contributed by atoms with Gasteiger partial charge >= 0.3 is 0 Å². The molecule has 56 heavy (non-hydrogen) atoms. The Kier molecular flexibility index (Phi) is 6.98. The molecule has 9 aromatic rings. The Bertz CT molecular complexity index is 2850. The molecule has 0 spiro atoms. The number of aromatic nitrogens is 2. The van der Waals surface area contributed by atoms with Crippen molar-refractivity contribution in [2.75, 3.05) is 0 Å². The summed E-state index contributed by atoms with van der Waals surface area (Å²) in [6.07, 6.45) is 0. The SMILES string of the molecule is CC1(C)c2ccccc2-c2ccc(-c3ccc4c(-c5ccccc5)c(-c5ccccc5)c5ccc(-c6ccc7c(c6)C(C)(C)c6ccccc6-7)nc5c4n3)cc21. The second-order valence-corrected chi connectivity index (χ2v) is 16.5. The van der Waals surface area contributed by atoms with E-state index in [-0.39, 0.29) is 10.8 Å². The van der Waals surface area contributed by atoms with Crippen LogP contribution < -0.4 is 0 Å². The summed E-state index contributed by atoms with van der Waals surface area (Å²) < 4.78 is 0. The van der Waals surface area contributed by atoms with Crippen LogP contribution in [0, 0.1) is 0 Å². The van der Waals surface area contributed by atoms with Crippen molar-refractivity contribution in [3.8, 4) is 67.0 Å².